The summed E-state index contributed by atoms with van der Waals surface area (Å²) in [6, 6.07) is 8.14. The molecule has 3 heteroatoms. The first-order valence-electron chi connectivity index (χ1n) is 5.71. The van der Waals surface area contributed by atoms with E-state index >= 15 is 0 Å². The third kappa shape index (κ3) is 4.45. The third-order valence-electron chi connectivity index (χ3n) is 2.33. The quantitative estimate of drug-likeness (QED) is 0.794. The second kappa shape index (κ2) is 7.58. The molecule has 0 aromatic heterocycles. The van der Waals surface area contributed by atoms with Crippen molar-refractivity contribution in [2.45, 2.75) is 31.3 Å². The molecule has 0 aliphatic carbocycles. The Morgan fingerprint density at radius 2 is 2.12 bits per heavy atom. The van der Waals surface area contributed by atoms with Crippen LogP contribution >= 0.6 is 11.8 Å². The summed E-state index contributed by atoms with van der Waals surface area (Å²) in [5, 5.41) is 9.32. The molecule has 0 aliphatic heterocycles. The van der Waals surface area contributed by atoms with Crippen LogP contribution in [-0.2, 0) is 5.75 Å². The summed E-state index contributed by atoms with van der Waals surface area (Å²) in [7, 11) is 0. The van der Waals surface area contributed by atoms with Gasteiger partial charge in [-0.25, -0.2) is 0 Å². The lowest BCUT2D eigenvalue weighted by Gasteiger charge is -2.12. The Labute approximate surface area is 102 Å². The molecule has 0 bridgehead atoms. The molecule has 2 nitrogen and oxygen atoms in total. The largest absolute Gasteiger partial charge is 0.494 e. The fraction of sp³-hybridized carbons (Fsp3) is 0.538. The van der Waals surface area contributed by atoms with Gasteiger partial charge in [0.1, 0.15) is 5.75 Å². The first-order chi connectivity index (χ1) is 7.77. The molecule has 1 aromatic carbocycles. The lowest BCUT2D eigenvalue weighted by molar-refractivity contribution is 0.289. The van der Waals surface area contributed by atoms with E-state index in [1.54, 1.807) is 0 Å². The molecule has 0 saturated heterocycles. The summed E-state index contributed by atoms with van der Waals surface area (Å²) < 4.78 is 5.57. The van der Waals surface area contributed by atoms with Gasteiger partial charge in [0.05, 0.1) is 6.61 Å². The topological polar surface area (TPSA) is 29.5 Å². The highest BCUT2D eigenvalue weighted by Gasteiger charge is 2.06. The molecule has 16 heavy (non-hydrogen) atoms. The minimum Gasteiger partial charge on any atom is -0.494 e. The molecule has 1 atom stereocenters. The molecule has 1 unspecified atom stereocenters. The zero-order chi connectivity index (χ0) is 11.8. The van der Waals surface area contributed by atoms with E-state index in [-0.39, 0.29) is 6.61 Å². The molecule has 1 N–H and O–H groups in total. The molecule has 0 saturated carbocycles. The monoisotopic (exact) mass is 240 g/mol. The summed E-state index contributed by atoms with van der Waals surface area (Å²) in [4.78, 5) is 0. The number of aliphatic hydroxyl groups excluding tert-OH is 1. The Morgan fingerprint density at radius 1 is 1.38 bits per heavy atom. The van der Waals surface area contributed by atoms with Crippen LogP contribution in [0, 0.1) is 0 Å². The van der Waals surface area contributed by atoms with E-state index in [4.69, 9.17) is 9.84 Å². The van der Waals surface area contributed by atoms with Gasteiger partial charge in [-0.15, -0.1) is 0 Å². The van der Waals surface area contributed by atoms with E-state index in [0.717, 1.165) is 17.9 Å². The van der Waals surface area contributed by atoms with Crippen LogP contribution in [0.3, 0.4) is 0 Å². The van der Waals surface area contributed by atoms with Crippen molar-refractivity contribution in [1.82, 2.24) is 0 Å². The molecule has 90 valence electrons. The molecule has 0 spiro atoms. The van der Waals surface area contributed by atoms with Gasteiger partial charge in [-0.05, 0) is 19.4 Å². The fourth-order valence-corrected chi connectivity index (χ4v) is 2.39. The van der Waals surface area contributed by atoms with Crippen LogP contribution in [0.2, 0.25) is 0 Å². The Bertz CT molecular complexity index is 302. The Balaban J connectivity index is 2.52. The van der Waals surface area contributed by atoms with Gasteiger partial charge in [0.2, 0.25) is 0 Å². The van der Waals surface area contributed by atoms with Crippen molar-refractivity contribution in [1.29, 1.82) is 0 Å². The first-order valence-corrected chi connectivity index (χ1v) is 6.76. The number of para-hydroxylation sites is 1. The highest BCUT2D eigenvalue weighted by atomic mass is 32.2. The summed E-state index contributed by atoms with van der Waals surface area (Å²) in [6.07, 6.45) is 0.849. The van der Waals surface area contributed by atoms with Crippen LogP contribution in [-0.4, -0.2) is 23.6 Å². The van der Waals surface area contributed by atoms with Crippen molar-refractivity contribution in [2.24, 2.45) is 0 Å². The predicted molar refractivity (Wildman–Crippen MR) is 70.1 cm³/mol. The lowest BCUT2D eigenvalue weighted by Crippen LogP contribution is -2.01. The molecule has 0 fully saturated rings. The minimum absolute atomic E-state index is 0.265. The van der Waals surface area contributed by atoms with E-state index in [2.05, 4.69) is 13.0 Å². The highest BCUT2D eigenvalue weighted by Crippen LogP contribution is 2.26. The zero-order valence-corrected chi connectivity index (χ0v) is 10.8. The minimum atomic E-state index is 0.265. The van der Waals surface area contributed by atoms with Crippen LogP contribution in [0.25, 0.3) is 0 Å². The van der Waals surface area contributed by atoms with E-state index in [1.165, 1.54) is 5.56 Å². The van der Waals surface area contributed by atoms with E-state index in [1.807, 2.05) is 36.9 Å². The van der Waals surface area contributed by atoms with Crippen LogP contribution in [0.5, 0.6) is 5.75 Å². The van der Waals surface area contributed by atoms with Crippen molar-refractivity contribution in [3.8, 4) is 5.75 Å². The number of benzene rings is 1. The molecular weight excluding hydrogens is 220 g/mol. The van der Waals surface area contributed by atoms with Gasteiger partial charge in [-0.1, -0.05) is 25.1 Å². The van der Waals surface area contributed by atoms with Gasteiger partial charge >= 0.3 is 0 Å². The van der Waals surface area contributed by atoms with Gasteiger partial charge in [0, 0.05) is 23.2 Å². The standard InChI is InChI=1S/C13H20O2S/c1-3-15-13-7-5-4-6-12(13)10-16-11(2)8-9-14/h4-7,11,14H,3,8-10H2,1-2H3. The maximum atomic E-state index is 8.83. The molecule has 0 radical (unpaired) electrons. The number of hydrogen-bond donors (Lipinski definition) is 1. The summed E-state index contributed by atoms with van der Waals surface area (Å²) in [5.41, 5.74) is 1.24. The number of aliphatic hydroxyl groups is 1. The van der Waals surface area contributed by atoms with Gasteiger partial charge in [0.15, 0.2) is 0 Å². The van der Waals surface area contributed by atoms with E-state index in [0.29, 0.717) is 11.9 Å². The Morgan fingerprint density at radius 3 is 2.81 bits per heavy atom. The Hall–Kier alpha value is -0.670. The number of rotatable bonds is 7. The fourth-order valence-electron chi connectivity index (χ4n) is 1.42. The van der Waals surface area contributed by atoms with Crippen LogP contribution in [0.15, 0.2) is 24.3 Å². The summed E-state index contributed by atoms with van der Waals surface area (Å²) in [5.74, 6) is 1.92. The average molecular weight is 240 g/mol. The third-order valence-corrected chi connectivity index (χ3v) is 3.61. The summed E-state index contributed by atoms with van der Waals surface area (Å²) >= 11 is 1.85. The van der Waals surface area contributed by atoms with Crippen molar-refractivity contribution in [3.05, 3.63) is 29.8 Å². The average Bonchev–Trinajstić information content (AvgIpc) is 2.29. The second-order valence-electron chi connectivity index (χ2n) is 3.67. The second-order valence-corrected chi connectivity index (χ2v) is 5.10. The van der Waals surface area contributed by atoms with Crippen LogP contribution in [0.4, 0.5) is 0 Å². The van der Waals surface area contributed by atoms with E-state index in [9.17, 15) is 0 Å². The SMILES string of the molecule is CCOc1ccccc1CSC(C)CCO. The van der Waals surface area contributed by atoms with Gasteiger partial charge in [-0.3, -0.25) is 0 Å². The normalized spacial score (nSPS) is 12.4. The number of thioether (sulfide) groups is 1. The number of ether oxygens (including phenoxy) is 1. The van der Waals surface area contributed by atoms with Crippen molar-refractivity contribution < 1.29 is 9.84 Å². The molecule has 0 heterocycles. The lowest BCUT2D eigenvalue weighted by atomic mass is 10.2. The maximum Gasteiger partial charge on any atom is 0.123 e. The Kier molecular flexibility index (Phi) is 6.34. The molecular formula is C13H20O2S. The maximum absolute atomic E-state index is 8.83. The van der Waals surface area contributed by atoms with Crippen molar-refractivity contribution >= 4 is 11.8 Å². The van der Waals surface area contributed by atoms with Gasteiger partial charge < -0.3 is 9.84 Å². The van der Waals surface area contributed by atoms with E-state index < -0.39 is 0 Å². The van der Waals surface area contributed by atoms with Crippen molar-refractivity contribution in [2.75, 3.05) is 13.2 Å². The van der Waals surface area contributed by atoms with Crippen LogP contribution < -0.4 is 4.74 Å². The molecule has 1 aromatic rings. The molecule has 1 rings (SSSR count). The molecule has 0 amide bonds. The molecule has 0 aliphatic rings. The first kappa shape index (κ1) is 13.4. The van der Waals surface area contributed by atoms with Crippen molar-refractivity contribution in [3.63, 3.8) is 0 Å². The predicted octanol–water partition coefficient (Wildman–Crippen LogP) is 3.09. The van der Waals surface area contributed by atoms with Gasteiger partial charge in [0.25, 0.3) is 0 Å². The zero-order valence-electron chi connectivity index (χ0n) is 9.98. The summed E-state index contributed by atoms with van der Waals surface area (Å²) in [6.45, 7) is 5.11. The smallest absolute Gasteiger partial charge is 0.123 e. The van der Waals surface area contributed by atoms with Gasteiger partial charge in [-0.2, -0.15) is 11.8 Å². The van der Waals surface area contributed by atoms with Crippen LogP contribution in [0.1, 0.15) is 25.8 Å². The highest BCUT2D eigenvalue weighted by molar-refractivity contribution is 7.99. The number of hydrogen-bond acceptors (Lipinski definition) is 3.